The quantitative estimate of drug-likeness (QED) is 0.366. The Morgan fingerprint density at radius 2 is 2.00 bits per heavy atom. The molecule has 2 rings (SSSR count). The first-order chi connectivity index (χ1) is 11.5. The van der Waals surface area contributed by atoms with E-state index in [1.54, 1.807) is 4.90 Å². The fourth-order valence-electron chi connectivity index (χ4n) is 2.76. The van der Waals surface area contributed by atoms with E-state index in [1.807, 2.05) is 31.3 Å². The highest BCUT2D eigenvalue weighted by Gasteiger charge is 2.17. The molecule has 1 fully saturated rings. The van der Waals surface area contributed by atoms with Crippen LogP contribution in [0.4, 0.5) is 0 Å². The number of carbonyl (C=O) groups excluding carboxylic acids is 1. The van der Waals surface area contributed by atoms with Crippen LogP contribution in [0.15, 0.2) is 33.7 Å². The Labute approximate surface area is 176 Å². The van der Waals surface area contributed by atoms with Gasteiger partial charge in [0, 0.05) is 37.6 Å². The van der Waals surface area contributed by atoms with Gasteiger partial charge >= 0.3 is 0 Å². The zero-order valence-electron chi connectivity index (χ0n) is 14.9. The van der Waals surface area contributed by atoms with Crippen LogP contribution in [0.25, 0.3) is 0 Å². The van der Waals surface area contributed by atoms with E-state index in [-0.39, 0.29) is 29.9 Å². The monoisotopic (exact) mass is 522 g/mol. The number of guanidine groups is 1. The molecule has 140 valence electrons. The lowest BCUT2D eigenvalue weighted by atomic mass is 10.00. The van der Waals surface area contributed by atoms with Crippen molar-refractivity contribution in [3.05, 3.63) is 34.3 Å². The van der Waals surface area contributed by atoms with Crippen molar-refractivity contribution in [1.29, 1.82) is 0 Å². The van der Waals surface area contributed by atoms with E-state index in [0.29, 0.717) is 25.5 Å². The Morgan fingerprint density at radius 3 is 2.64 bits per heavy atom. The van der Waals surface area contributed by atoms with Gasteiger partial charge < -0.3 is 15.5 Å². The Balaban J connectivity index is 0.00000312. The van der Waals surface area contributed by atoms with Crippen molar-refractivity contribution in [3.8, 4) is 0 Å². The Bertz CT molecular complexity index is 588. The van der Waals surface area contributed by atoms with Gasteiger partial charge in [0.2, 0.25) is 5.91 Å². The minimum Gasteiger partial charge on any atom is -0.370 e. The normalized spacial score (nSPS) is 15.6. The van der Waals surface area contributed by atoms with Crippen LogP contribution in [0, 0.1) is 5.92 Å². The molecule has 1 aromatic rings. The lowest BCUT2D eigenvalue weighted by Gasteiger charge is -2.31. The molecular weight excluding hydrogens is 495 g/mol. The van der Waals surface area contributed by atoms with Crippen molar-refractivity contribution >= 4 is 51.8 Å². The van der Waals surface area contributed by atoms with Crippen LogP contribution in [-0.2, 0) is 11.3 Å². The zero-order chi connectivity index (χ0) is 17.5. The average Bonchev–Trinajstić information content (AvgIpc) is 2.57. The fraction of sp³-hybridized carbons (Fsp3) is 0.556. The van der Waals surface area contributed by atoms with Gasteiger partial charge in [-0.1, -0.05) is 41.1 Å². The van der Waals surface area contributed by atoms with Crippen LogP contribution in [0.1, 0.15) is 31.7 Å². The topological polar surface area (TPSA) is 61.9 Å². The molecule has 0 aromatic heterocycles. The number of amides is 1. The van der Waals surface area contributed by atoms with E-state index in [1.165, 1.54) is 0 Å². The lowest BCUT2D eigenvalue weighted by molar-refractivity contribution is -0.130. The number of halogens is 2. The number of nitrogens with zero attached hydrogens (tertiary/aromatic N) is 3. The van der Waals surface area contributed by atoms with Gasteiger partial charge in [-0.3, -0.25) is 9.79 Å². The van der Waals surface area contributed by atoms with Gasteiger partial charge in [-0.05, 0) is 30.4 Å². The molecule has 25 heavy (non-hydrogen) atoms. The molecule has 5 nitrogen and oxygen atoms in total. The molecule has 0 saturated carbocycles. The molecule has 1 aromatic carbocycles. The second-order valence-corrected chi connectivity index (χ2v) is 7.36. The molecule has 0 bridgehead atoms. The fourth-order valence-corrected chi connectivity index (χ4v) is 3.18. The summed E-state index contributed by atoms with van der Waals surface area (Å²) in [6.45, 7) is 5.23. The van der Waals surface area contributed by atoms with Gasteiger partial charge in [-0.25, -0.2) is 0 Å². The Hall–Kier alpha value is -0.830. The van der Waals surface area contributed by atoms with Crippen molar-refractivity contribution in [2.45, 2.75) is 32.7 Å². The summed E-state index contributed by atoms with van der Waals surface area (Å²) in [6.07, 6.45) is 2.69. The van der Waals surface area contributed by atoms with Gasteiger partial charge in [0.25, 0.3) is 0 Å². The summed E-state index contributed by atoms with van der Waals surface area (Å²) in [4.78, 5) is 20.5. The summed E-state index contributed by atoms with van der Waals surface area (Å²) in [5, 5.41) is 0. The van der Waals surface area contributed by atoms with Crippen LogP contribution in [-0.4, -0.2) is 48.3 Å². The predicted octanol–water partition coefficient (Wildman–Crippen LogP) is 3.46. The number of aliphatic imine (C=N–C) groups is 1. The van der Waals surface area contributed by atoms with Crippen LogP contribution in [0.2, 0.25) is 0 Å². The second-order valence-electron chi connectivity index (χ2n) is 6.50. The predicted molar refractivity (Wildman–Crippen MR) is 117 cm³/mol. The molecule has 1 saturated heterocycles. The maximum absolute atomic E-state index is 12.2. The molecule has 0 atom stereocenters. The summed E-state index contributed by atoms with van der Waals surface area (Å²) in [5.74, 6) is 1.42. The first-order valence-corrected chi connectivity index (χ1v) is 9.29. The Morgan fingerprint density at radius 1 is 1.36 bits per heavy atom. The summed E-state index contributed by atoms with van der Waals surface area (Å²) in [6, 6.07) is 7.94. The molecule has 1 heterocycles. The maximum Gasteiger partial charge on any atom is 0.224 e. The van der Waals surface area contributed by atoms with Gasteiger partial charge in [0.15, 0.2) is 5.96 Å². The molecule has 0 aliphatic carbocycles. The maximum atomic E-state index is 12.2. The van der Waals surface area contributed by atoms with Crippen molar-refractivity contribution < 1.29 is 4.79 Å². The van der Waals surface area contributed by atoms with Crippen molar-refractivity contribution in [2.24, 2.45) is 16.6 Å². The summed E-state index contributed by atoms with van der Waals surface area (Å²) in [7, 11) is 1.82. The molecule has 0 spiro atoms. The number of nitrogens with two attached hydrogens (primary N) is 1. The summed E-state index contributed by atoms with van der Waals surface area (Å²) >= 11 is 3.51. The van der Waals surface area contributed by atoms with Crippen LogP contribution < -0.4 is 5.73 Å². The summed E-state index contributed by atoms with van der Waals surface area (Å²) < 4.78 is 1.02. The largest absolute Gasteiger partial charge is 0.370 e. The third-order valence-corrected chi connectivity index (χ3v) is 5.27. The number of piperidine rings is 1. The lowest BCUT2D eigenvalue weighted by Crippen LogP contribution is -2.42. The van der Waals surface area contributed by atoms with E-state index in [9.17, 15) is 4.79 Å². The van der Waals surface area contributed by atoms with Crippen molar-refractivity contribution in [3.63, 3.8) is 0 Å². The zero-order valence-corrected chi connectivity index (χ0v) is 18.9. The third-order valence-electron chi connectivity index (χ3n) is 4.50. The Kier molecular flexibility index (Phi) is 9.78. The second kappa shape index (κ2) is 11.0. The molecule has 7 heteroatoms. The molecule has 1 aliphatic rings. The number of carbonyl (C=O) groups is 1. The number of benzene rings is 1. The molecule has 1 amide bonds. The number of likely N-dealkylation sites (tertiary alicyclic amines) is 1. The molecule has 0 unspecified atom stereocenters. The molecule has 2 N–H and O–H groups in total. The van der Waals surface area contributed by atoms with E-state index in [0.717, 1.165) is 41.9 Å². The minimum absolute atomic E-state index is 0. The standard InChI is InChI=1S/C18H27BrN4O.HI/c1-14-8-11-23(12-9-14)18(20)21-10-7-17(24)22(2)13-15-5-3-4-6-16(15)19;/h3-6,14H,7-13H2,1-2H3,(H2,20,21);1H. The highest BCUT2D eigenvalue weighted by molar-refractivity contribution is 14.0. The number of hydrogen-bond acceptors (Lipinski definition) is 2. The SMILES string of the molecule is CC1CCN(C(N)=NCCC(=O)N(C)Cc2ccccc2Br)CC1.I. The third kappa shape index (κ3) is 7.13. The van der Waals surface area contributed by atoms with E-state index >= 15 is 0 Å². The molecule has 0 radical (unpaired) electrons. The van der Waals surface area contributed by atoms with E-state index in [2.05, 4.69) is 32.7 Å². The average molecular weight is 523 g/mol. The highest BCUT2D eigenvalue weighted by Crippen LogP contribution is 2.18. The number of rotatable bonds is 5. The van der Waals surface area contributed by atoms with Crippen LogP contribution in [0.5, 0.6) is 0 Å². The highest BCUT2D eigenvalue weighted by atomic mass is 127. The van der Waals surface area contributed by atoms with Crippen molar-refractivity contribution in [1.82, 2.24) is 9.80 Å². The van der Waals surface area contributed by atoms with Crippen LogP contribution in [0.3, 0.4) is 0 Å². The summed E-state index contributed by atoms with van der Waals surface area (Å²) in [5.41, 5.74) is 7.14. The van der Waals surface area contributed by atoms with E-state index in [4.69, 9.17) is 5.73 Å². The van der Waals surface area contributed by atoms with Gasteiger partial charge in [-0.2, -0.15) is 0 Å². The van der Waals surface area contributed by atoms with Gasteiger partial charge in [-0.15, -0.1) is 24.0 Å². The van der Waals surface area contributed by atoms with E-state index < -0.39 is 0 Å². The number of hydrogen-bond donors (Lipinski definition) is 1. The smallest absolute Gasteiger partial charge is 0.224 e. The first kappa shape index (κ1) is 22.2. The molecular formula is C18H28BrIN4O. The molecule has 1 aliphatic heterocycles. The first-order valence-electron chi connectivity index (χ1n) is 8.49. The van der Waals surface area contributed by atoms with Gasteiger partial charge in [0.1, 0.15) is 0 Å². The van der Waals surface area contributed by atoms with Gasteiger partial charge in [0.05, 0.1) is 6.54 Å². The van der Waals surface area contributed by atoms with Crippen molar-refractivity contribution in [2.75, 3.05) is 26.7 Å². The minimum atomic E-state index is 0. The van der Waals surface area contributed by atoms with Crippen LogP contribution >= 0.6 is 39.9 Å².